The van der Waals surface area contributed by atoms with Crippen LogP contribution in [0.5, 0.6) is 0 Å². The standard InChI is InChI=1S/C26H26N6O/c1-17-8-9-21(29-25(33)18-6-5-7-20(12-18)26(2,3)4)13-23(17)31-10-11-32-24(31)14-22(30-32)19-15-27-28-16-19/h5-16H,1-4H3,(H,27,28)(H,29,33). The molecule has 0 unspecified atom stereocenters. The summed E-state index contributed by atoms with van der Waals surface area (Å²) >= 11 is 0. The number of amides is 1. The number of rotatable bonds is 4. The summed E-state index contributed by atoms with van der Waals surface area (Å²) in [4.78, 5) is 13.0. The maximum absolute atomic E-state index is 13.0. The number of carbonyl (C=O) groups is 1. The van der Waals surface area contributed by atoms with Crippen LogP contribution < -0.4 is 5.32 Å². The van der Waals surface area contributed by atoms with Crippen LogP contribution in [0.1, 0.15) is 42.3 Å². The first kappa shape index (κ1) is 20.8. The highest BCUT2D eigenvalue weighted by Crippen LogP contribution is 2.26. The summed E-state index contributed by atoms with van der Waals surface area (Å²) in [6, 6.07) is 15.8. The van der Waals surface area contributed by atoms with Crippen molar-refractivity contribution in [3.8, 4) is 16.9 Å². The molecule has 0 radical (unpaired) electrons. The van der Waals surface area contributed by atoms with E-state index in [1.807, 2.05) is 65.6 Å². The van der Waals surface area contributed by atoms with Crippen molar-refractivity contribution < 1.29 is 4.79 Å². The van der Waals surface area contributed by atoms with Gasteiger partial charge in [0.2, 0.25) is 0 Å². The van der Waals surface area contributed by atoms with Crippen molar-refractivity contribution in [1.82, 2.24) is 24.4 Å². The average molecular weight is 439 g/mol. The summed E-state index contributed by atoms with van der Waals surface area (Å²) in [5.74, 6) is -0.125. The highest BCUT2D eigenvalue weighted by atomic mass is 16.1. The van der Waals surface area contributed by atoms with Crippen LogP contribution in [0.2, 0.25) is 0 Å². The molecule has 0 bridgehead atoms. The summed E-state index contributed by atoms with van der Waals surface area (Å²) in [5, 5.41) is 14.5. The fraction of sp³-hybridized carbons (Fsp3) is 0.192. The number of H-pyrrole nitrogens is 1. The molecule has 166 valence electrons. The van der Waals surface area contributed by atoms with E-state index >= 15 is 0 Å². The van der Waals surface area contributed by atoms with Gasteiger partial charge in [0.25, 0.3) is 5.91 Å². The Morgan fingerprint density at radius 3 is 2.67 bits per heavy atom. The number of aromatic amines is 1. The first-order valence-corrected chi connectivity index (χ1v) is 10.9. The normalized spacial score (nSPS) is 11.8. The number of anilines is 1. The molecule has 1 amide bonds. The fourth-order valence-electron chi connectivity index (χ4n) is 3.89. The Hall–Kier alpha value is -4.13. The maximum atomic E-state index is 13.0. The van der Waals surface area contributed by atoms with E-state index in [4.69, 9.17) is 0 Å². The topological polar surface area (TPSA) is 80.0 Å². The van der Waals surface area contributed by atoms with Gasteiger partial charge in [-0.2, -0.15) is 10.2 Å². The highest BCUT2D eigenvalue weighted by Gasteiger charge is 2.17. The molecular weight excluding hydrogens is 412 g/mol. The Balaban J connectivity index is 1.46. The zero-order chi connectivity index (χ0) is 23.2. The van der Waals surface area contributed by atoms with Gasteiger partial charge in [0.1, 0.15) is 5.65 Å². The van der Waals surface area contributed by atoms with Gasteiger partial charge >= 0.3 is 0 Å². The van der Waals surface area contributed by atoms with Crippen molar-refractivity contribution in [2.24, 2.45) is 0 Å². The van der Waals surface area contributed by atoms with E-state index in [0.717, 1.165) is 39.4 Å². The molecule has 3 aromatic heterocycles. The molecule has 0 aliphatic heterocycles. The predicted octanol–water partition coefficient (Wildman–Crippen LogP) is 5.37. The SMILES string of the molecule is Cc1ccc(NC(=O)c2cccc(C(C)(C)C)c2)cc1-n1ccn2nc(-c3cn[nH]c3)cc12. The molecule has 3 heterocycles. The zero-order valence-electron chi connectivity index (χ0n) is 19.1. The lowest BCUT2D eigenvalue weighted by atomic mass is 9.86. The van der Waals surface area contributed by atoms with Gasteiger partial charge in [-0.3, -0.25) is 14.5 Å². The molecule has 0 spiro atoms. The quantitative estimate of drug-likeness (QED) is 0.396. The molecule has 2 aromatic carbocycles. The Morgan fingerprint density at radius 2 is 1.91 bits per heavy atom. The molecule has 33 heavy (non-hydrogen) atoms. The third-order valence-electron chi connectivity index (χ3n) is 5.83. The van der Waals surface area contributed by atoms with Crippen LogP contribution in [0.25, 0.3) is 22.6 Å². The van der Waals surface area contributed by atoms with E-state index < -0.39 is 0 Å². The Kier molecular flexibility index (Phi) is 4.89. The molecule has 0 fully saturated rings. The van der Waals surface area contributed by atoms with Gasteiger partial charge in [0.05, 0.1) is 17.6 Å². The van der Waals surface area contributed by atoms with Crippen molar-refractivity contribution in [1.29, 1.82) is 0 Å². The van der Waals surface area contributed by atoms with Crippen molar-refractivity contribution in [2.75, 3.05) is 5.32 Å². The lowest BCUT2D eigenvalue weighted by Gasteiger charge is -2.19. The van der Waals surface area contributed by atoms with E-state index in [-0.39, 0.29) is 11.3 Å². The predicted molar refractivity (Wildman–Crippen MR) is 130 cm³/mol. The van der Waals surface area contributed by atoms with E-state index in [0.29, 0.717) is 5.56 Å². The Morgan fingerprint density at radius 1 is 1.06 bits per heavy atom. The molecule has 7 nitrogen and oxygen atoms in total. The number of benzene rings is 2. The van der Waals surface area contributed by atoms with Crippen LogP contribution >= 0.6 is 0 Å². The Labute approximate surface area is 192 Å². The van der Waals surface area contributed by atoms with Gasteiger partial charge in [-0.15, -0.1) is 0 Å². The van der Waals surface area contributed by atoms with Gasteiger partial charge in [-0.1, -0.05) is 39.0 Å². The number of hydrogen-bond acceptors (Lipinski definition) is 3. The Bertz CT molecular complexity index is 1450. The molecule has 0 aliphatic rings. The summed E-state index contributed by atoms with van der Waals surface area (Å²) in [6.07, 6.45) is 7.47. The van der Waals surface area contributed by atoms with Crippen LogP contribution in [-0.4, -0.2) is 30.3 Å². The third-order valence-corrected chi connectivity index (χ3v) is 5.83. The van der Waals surface area contributed by atoms with Crippen molar-refractivity contribution in [3.63, 3.8) is 0 Å². The molecule has 5 aromatic rings. The smallest absolute Gasteiger partial charge is 0.255 e. The average Bonchev–Trinajstić information content (AvgIpc) is 3.52. The monoisotopic (exact) mass is 438 g/mol. The molecule has 0 saturated heterocycles. The van der Waals surface area contributed by atoms with Gasteiger partial charge in [-0.05, 0) is 47.7 Å². The summed E-state index contributed by atoms with van der Waals surface area (Å²) in [5.41, 5.74) is 7.26. The number of aryl methyl sites for hydroxylation is 1. The number of hydrogen-bond donors (Lipinski definition) is 2. The van der Waals surface area contributed by atoms with Crippen LogP contribution in [0, 0.1) is 6.92 Å². The number of carbonyl (C=O) groups excluding carboxylic acids is 1. The number of nitrogens with one attached hydrogen (secondary N) is 2. The molecule has 5 rings (SSSR count). The van der Waals surface area contributed by atoms with Gasteiger partial charge in [-0.25, -0.2) is 4.52 Å². The van der Waals surface area contributed by atoms with E-state index in [9.17, 15) is 4.79 Å². The summed E-state index contributed by atoms with van der Waals surface area (Å²) in [6.45, 7) is 8.48. The minimum atomic E-state index is -0.125. The first-order chi connectivity index (χ1) is 15.8. The lowest BCUT2D eigenvalue weighted by Crippen LogP contribution is -2.16. The number of fused-ring (bicyclic) bond motifs is 1. The molecular formula is C26H26N6O. The molecule has 2 N–H and O–H groups in total. The second kappa shape index (κ2) is 7.78. The van der Waals surface area contributed by atoms with Gasteiger partial charge in [0.15, 0.2) is 0 Å². The third kappa shape index (κ3) is 3.93. The van der Waals surface area contributed by atoms with Crippen LogP contribution in [0.3, 0.4) is 0 Å². The second-order valence-corrected chi connectivity index (χ2v) is 9.27. The van der Waals surface area contributed by atoms with Crippen molar-refractivity contribution in [3.05, 3.63) is 90.0 Å². The van der Waals surface area contributed by atoms with Crippen LogP contribution in [0.15, 0.2) is 73.3 Å². The van der Waals surface area contributed by atoms with Crippen molar-refractivity contribution >= 4 is 17.2 Å². The summed E-state index contributed by atoms with van der Waals surface area (Å²) < 4.78 is 3.91. The second-order valence-electron chi connectivity index (χ2n) is 9.27. The van der Waals surface area contributed by atoms with E-state index in [2.05, 4.69) is 58.9 Å². The first-order valence-electron chi connectivity index (χ1n) is 10.9. The molecule has 0 atom stereocenters. The number of aromatic nitrogens is 5. The lowest BCUT2D eigenvalue weighted by molar-refractivity contribution is 0.102. The number of nitrogens with zero attached hydrogens (tertiary/aromatic N) is 4. The fourth-order valence-corrected chi connectivity index (χ4v) is 3.89. The minimum absolute atomic E-state index is 0.0202. The van der Waals surface area contributed by atoms with E-state index in [1.54, 1.807) is 6.20 Å². The van der Waals surface area contributed by atoms with E-state index in [1.165, 1.54) is 0 Å². The molecule has 7 heteroatoms. The van der Waals surface area contributed by atoms with Gasteiger partial charge < -0.3 is 5.32 Å². The highest BCUT2D eigenvalue weighted by molar-refractivity contribution is 6.04. The van der Waals surface area contributed by atoms with Crippen molar-refractivity contribution in [2.45, 2.75) is 33.1 Å². The van der Waals surface area contributed by atoms with Crippen LogP contribution in [-0.2, 0) is 5.41 Å². The van der Waals surface area contributed by atoms with Gasteiger partial charge in [0, 0.05) is 41.5 Å². The largest absolute Gasteiger partial charge is 0.322 e. The zero-order valence-corrected chi connectivity index (χ0v) is 19.1. The van der Waals surface area contributed by atoms with Crippen LogP contribution in [0.4, 0.5) is 5.69 Å². The summed E-state index contributed by atoms with van der Waals surface area (Å²) in [7, 11) is 0. The molecule has 0 aliphatic carbocycles. The molecule has 0 saturated carbocycles. The maximum Gasteiger partial charge on any atom is 0.255 e. The minimum Gasteiger partial charge on any atom is -0.322 e. The number of imidazole rings is 1.